The molecule has 134 valence electrons. The third-order valence-electron chi connectivity index (χ3n) is 3.83. The summed E-state index contributed by atoms with van der Waals surface area (Å²) in [6.07, 6.45) is 0. The van der Waals surface area contributed by atoms with Crippen molar-refractivity contribution < 1.29 is 19.0 Å². The van der Waals surface area contributed by atoms with Crippen molar-refractivity contribution in [3.05, 3.63) is 59.1 Å². The normalized spacial score (nSPS) is 10.4. The lowest BCUT2D eigenvalue weighted by atomic mass is 10.1. The Kier molecular flexibility index (Phi) is 5.53. The first-order chi connectivity index (χ1) is 12.6. The predicted octanol–water partition coefficient (Wildman–Crippen LogP) is 4.61. The van der Waals surface area contributed by atoms with Gasteiger partial charge in [0.15, 0.2) is 17.3 Å². The number of benzene rings is 2. The summed E-state index contributed by atoms with van der Waals surface area (Å²) < 4.78 is 16.3. The molecule has 0 atom stereocenters. The van der Waals surface area contributed by atoms with Crippen molar-refractivity contribution >= 4 is 17.1 Å². The van der Waals surface area contributed by atoms with Gasteiger partial charge in [-0.3, -0.25) is 4.79 Å². The van der Waals surface area contributed by atoms with E-state index < -0.39 is 0 Å². The molecule has 0 amide bonds. The fraction of sp³-hybridized carbons (Fsp3) is 0.200. The smallest absolute Gasteiger partial charge is 0.161 e. The Labute approximate surface area is 156 Å². The second-order valence-corrected chi connectivity index (χ2v) is 6.44. The van der Waals surface area contributed by atoms with Crippen molar-refractivity contribution in [3.8, 4) is 27.8 Å². The minimum atomic E-state index is 0.0376. The number of aromatic nitrogens is 1. The lowest BCUT2D eigenvalue weighted by Crippen LogP contribution is -1.97. The highest BCUT2D eigenvalue weighted by Crippen LogP contribution is 2.33. The first-order valence-electron chi connectivity index (χ1n) is 8.01. The molecule has 1 aromatic heterocycles. The predicted molar refractivity (Wildman–Crippen MR) is 101 cm³/mol. The first kappa shape index (κ1) is 17.9. The maximum atomic E-state index is 11.3. The summed E-state index contributed by atoms with van der Waals surface area (Å²) in [4.78, 5) is 15.9. The van der Waals surface area contributed by atoms with Crippen molar-refractivity contribution in [2.24, 2.45) is 0 Å². The highest BCUT2D eigenvalue weighted by atomic mass is 32.1. The van der Waals surface area contributed by atoms with Crippen LogP contribution < -0.4 is 14.2 Å². The third-order valence-corrected chi connectivity index (χ3v) is 4.77. The zero-order valence-electron chi connectivity index (χ0n) is 14.8. The maximum absolute atomic E-state index is 11.3. The standard InChI is InChI=1S/C20H19NO4S/c1-13(22)14-4-7-17(8-5-14)25-11-16-12-26-20(21-16)15-6-9-18(23-2)19(10-15)24-3/h4-10,12H,11H2,1-3H3. The molecule has 0 aliphatic carbocycles. The number of Topliss-reactive ketones (excluding diaryl/α,β-unsaturated/α-hetero) is 1. The summed E-state index contributed by atoms with van der Waals surface area (Å²) in [5, 5.41) is 2.85. The van der Waals surface area contributed by atoms with E-state index in [4.69, 9.17) is 14.2 Å². The monoisotopic (exact) mass is 369 g/mol. The highest BCUT2D eigenvalue weighted by Gasteiger charge is 2.10. The average Bonchev–Trinajstić information content (AvgIpc) is 3.15. The molecular weight excluding hydrogens is 350 g/mol. The molecule has 6 heteroatoms. The Balaban J connectivity index is 1.69. The summed E-state index contributed by atoms with van der Waals surface area (Å²) in [6, 6.07) is 12.8. The minimum Gasteiger partial charge on any atom is -0.493 e. The van der Waals surface area contributed by atoms with E-state index in [2.05, 4.69) is 4.98 Å². The molecule has 26 heavy (non-hydrogen) atoms. The fourth-order valence-electron chi connectivity index (χ4n) is 2.42. The summed E-state index contributed by atoms with van der Waals surface area (Å²) in [6.45, 7) is 1.91. The summed E-state index contributed by atoms with van der Waals surface area (Å²) >= 11 is 1.54. The van der Waals surface area contributed by atoms with Crippen LogP contribution in [0.5, 0.6) is 17.2 Å². The Morgan fingerprint density at radius 3 is 2.42 bits per heavy atom. The summed E-state index contributed by atoms with van der Waals surface area (Å²) in [5.74, 6) is 2.10. The molecule has 0 spiro atoms. The molecular formula is C20H19NO4S. The number of carbonyl (C=O) groups is 1. The van der Waals surface area contributed by atoms with E-state index in [1.165, 1.54) is 0 Å². The zero-order valence-corrected chi connectivity index (χ0v) is 15.6. The van der Waals surface area contributed by atoms with Gasteiger partial charge in [-0.1, -0.05) is 0 Å². The Morgan fingerprint density at radius 2 is 1.77 bits per heavy atom. The van der Waals surface area contributed by atoms with Crippen LogP contribution in [0.4, 0.5) is 0 Å². The van der Waals surface area contributed by atoms with Gasteiger partial charge in [0.05, 0.1) is 19.9 Å². The number of hydrogen-bond acceptors (Lipinski definition) is 6. The molecule has 1 heterocycles. The van der Waals surface area contributed by atoms with E-state index in [9.17, 15) is 4.79 Å². The van der Waals surface area contributed by atoms with Gasteiger partial charge in [0, 0.05) is 16.5 Å². The molecule has 0 radical (unpaired) electrons. The number of rotatable bonds is 7. The minimum absolute atomic E-state index is 0.0376. The van der Waals surface area contributed by atoms with E-state index >= 15 is 0 Å². The van der Waals surface area contributed by atoms with Gasteiger partial charge < -0.3 is 14.2 Å². The van der Waals surface area contributed by atoms with Crippen molar-refractivity contribution in [2.75, 3.05) is 14.2 Å². The van der Waals surface area contributed by atoms with Crippen molar-refractivity contribution in [3.63, 3.8) is 0 Å². The van der Waals surface area contributed by atoms with E-state index in [0.29, 0.717) is 29.4 Å². The van der Waals surface area contributed by atoms with E-state index in [1.807, 2.05) is 23.6 Å². The number of methoxy groups -OCH3 is 2. The number of nitrogens with zero attached hydrogens (tertiary/aromatic N) is 1. The maximum Gasteiger partial charge on any atom is 0.161 e. The van der Waals surface area contributed by atoms with Gasteiger partial charge in [-0.2, -0.15) is 0 Å². The number of ketones is 1. The average molecular weight is 369 g/mol. The lowest BCUT2D eigenvalue weighted by molar-refractivity contribution is 0.101. The van der Waals surface area contributed by atoms with Crippen molar-refractivity contribution in [2.45, 2.75) is 13.5 Å². The zero-order chi connectivity index (χ0) is 18.5. The van der Waals surface area contributed by atoms with Crippen LogP contribution in [-0.2, 0) is 6.61 Å². The van der Waals surface area contributed by atoms with Crippen molar-refractivity contribution in [1.29, 1.82) is 0 Å². The topological polar surface area (TPSA) is 57.7 Å². The Hall–Kier alpha value is -2.86. The third kappa shape index (κ3) is 4.03. The highest BCUT2D eigenvalue weighted by molar-refractivity contribution is 7.13. The lowest BCUT2D eigenvalue weighted by Gasteiger charge is -2.08. The van der Waals surface area contributed by atoms with E-state index in [-0.39, 0.29) is 5.78 Å². The molecule has 0 aliphatic rings. The molecule has 0 saturated heterocycles. The molecule has 0 saturated carbocycles. The molecule has 3 aromatic rings. The molecule has 0 aliphatic heterocycles. The Bertz CT molecular complexity index is 902. The second-order valence-electron chi connectivity index (χ2n) is 5.58. The van der Waals surface area contributed by atoms with Crippen LogP contribution in [0.25, 0.3) is 10.6 Å². The van der Waals surface area contributed by atoms with E-state index in [0.717, 1.165) is 16.3 Å². The quantitative estimate of drug-likeness (QED) is 0.569. The van der Waals surface area contributed by atoms with Gasteiger partial charge in [0.1, 0.15) is 17.4 Å². The molecule has 0 unspecified atom stereocenters. The van der Waals surface area contributed by atoms with E-state index in [1.54, 1.807) is 56.7 Å². The summed E-state index contributed by atoms with van der Waals surface area (Å²) in [5.41, 5.74) is 2.47. The number of carbonyl (C=O) groups excluding carboxylic acids is 1. The number of thiazole rings is 1. The van der Waals surface area contributed by atoms with Crippen LogP contribution in [0.1, 0.15) is 23.0 Å². The SMILES string of the molecule is COc1ccc(-c2nc(COc3ccc(C(C)=O)cc3)cs2)cc1OC. The molecule has 0 bridgehead atoms. The fourth-order valence-corrected chi connectivity index (χ4v) is 3.22. The van der Waals surface area contributed by atoms with Gasteiger partial charge in [-0.05, 0) is 49.4 Å². The molecule has 0 fully saturated rings. The van der Waals surface area contributed by atoms with Crippen LogP contribution in [0, 0.1) is 0 Å². The number of ether oxygens (including phenoxy) is 3. The van der Waals surface area contributed by atoms with Crippen molar-refractivity contribution in [1.82, 2.24) is 4.98 Å². The van der Waals surface area contributed by atoms with Crippen LogP contribution >= 0.6 is 11.3 Å². The first-order valence-corrected chi connectivity index (χ1v) is 8.89. The van der Waals surface area contributed by atoms with Gasteiger partial charge in [0.25, 0.3) is 0 Å². The van der Waals surface area contributed by atoms with Gasteiger partial charge in [0.2, 0.25) is 0 Å². The van der Waals surface area contributed by atoms with Gasteiger partial charge in [-0.15, -0.1) is 11.3 Å². The van der Waals surface area contributed by atoms with Gasteiger partial charge in [-0.25, -0.2) is 4.98 Å². The second kappa shape index (κ2) is 8.01. The molecule has 2 aromatic carbocycles. The Morgan fingerprint density at radius 1 is 1.04 bits per heavy atom. The van der Waals surface area contributed by atoms with Crippen LogP contribution in [-0.4, -0.2) is 25.0 Å². The number of hydrogen-bond donors (Lipinski definition) is 0. The van der Waals surface area contributed by atoms with Crippen LogP contribution in [0.3, 0.4) is 0 Å². The largest absolute Gasteiger partial charge is 0.493 e. The van der Waals surface area contributed by atoms with Gasteiger partial charge >= 0.3 is 0 Å². The summed E-state index contributed by atoms with van der Waals surface area (Å²) in [7, 11) is 3.22. The molecule has 5 nitrogen and oxygen atoms in total. The molecule has 0 N–H and O–H groups in total. The molecule has 3 rings (SSSR count). The van der Waals surface area contributed by atoms with Crippen LogP contribution in [0.15, 0.2) is 47.8 Å². The van der Waals surface area contributed by atoms with Crippen LogP contribution in [0.2, 0.25) is 0 Å².